The van der Waals surface area contributed by atoms with E-state index in [1.807, 2.05) is 4.90 Å². The number of carbonyl (C=O) groups excluding carboxylic acids is 1. The fraction of sp³-hybridized carbons (Fsp3) is 0.172. The monoisotopic (exact) mass is 637 g/mol. The van der Waals surface area contributed by atoms with E-state index in [1.165, 1.54) is 48.8 Å². The number of esters is 1. The predicted octanol–water partition coefficient (Wildman–Crippen LogP) is 4.08. The van der Waals surface area contributed by atoms with Crippen LogP contribution in [0, 0.1) is 17.0 Å². The smallest absolute Gasteiger partial charge is 0.341 e. The molecule has 2 aromatic carbocycles. The van der Waals surface area contributed by atoms with Crippen molar-refractivity contribution in [3.63, 3.8) is 0 Å². The van der Waals surface area contributed by atoms with Gasteiger partial charge in [0.15, 0.2) is 17.3 Å². The standard InChI is InChI=1S/C29H25F2N7O6S/c1-3-42-28(40)16-12-36-29(37-13-16)45(41)17-5-7-21(18(11-17)26-34-8-9-38(26)2)43-24-19(30)14-35-27(23(24)31)44-22-10-15(25(32)33)4-6-20(22)39/h4-8,10-14,26,39H,3,9H2,1-2H3,(H3,32,33). The average Bonchev–Trinajstić information content (AvgIpc) is 3.46. The summed E-state index contributed by atoms with van der Waals surface area (Å²) < 4.78 is 60.0. The SMILES string of the molecule is CCOC(=O)c1cnc(S(=O)c2ccc(Oc3c(F)cnc(Oc4cc(C(=N)N)ccc4O)c3F)c(C3N=CCN3C)c2)nc1. The van der Waals surface area contributed by atoms with Crippen molar-refractivity contribution >= 4 is 28.8 Å². The second-order valence-electron chi connectivity index (χ2n) is 9.44. The lowest BCUT2D eigenvalue weighted by molar-refractivity contribution is 0.0525. The predicted molar refractivity (Wildman–Crippen MR) is 156 cm³/mol. The largest absolute Gasteiger partial charge is 0.504 e. The first-order chi connectivity index (χ1) is 21.6. The molecule has 0 aliphatic carbocycles. The number of carbonyl (C=O) groups is 1. The van der Waals surface area contributed by atoms with Crippen molar-refractivity contribution < 1.29 is 37.1 Å². The Morgan fingerprint density at radius 2 is 1.84 bits per heavy atom. The van der Waals surface area contributed by atoms with E-state index in [0.29, 0.717) is 18.3 Å². The Morgan fingerprint density at radius 3 is 2.51 bits per heavy atom. The van der Waals surface area contributed by atoms with E-state index in [2.05, 4.69) is 19.9 Å². The number of aromatic hydroxyl groups is 1. The molecular formula is C29H25F2N7O6S. The van der Waals surface area contributed by atoms with Gasteiger partial charge in [-0.2, -0.15) is 4.39 Å². The van der Waals surface area contributed by atoms with Gasteiger partial charge in [-0.1, -0.05) is 0 Å². The van der Waals surface area contributed by atoms with Crippen LogP contribution in [0.25, 0.3) is 0 Å². The van der Waals surface area contributed by atoms with Crippen LogP contribution in [0.2, 0.25) is 0 Å². The van der Waals surface area contributed by atoms with Gasteiger partial charge in [0.05, 0.1) is 18.4 Å². The van der Waals surface area contributed by atoms with Crippen molar-refractivity contribution in [1.29, 1.82) is 5.41 Å². The Morgan fingerprint density at radius 1 is 1.09 bits per heavy atom. The van der Waals surface area contributed by atoms with Crippen molar-refractivity contribution in [3.8, 4) is 28.9 Å². The molecule has 2 aromatic heterocycles. The van der Waals surface area contributed by atoms with E-state index in [1.54, 1.807) is 20.2 Å². The van der Waals surface area contributed by atoms with E-state index >= 15 is 4.39 Å². The molecule has 16 heteroatoms. The summed E-state index contributed by atoms with van der Waals surface area (Å²) in [5.74, 6) is -5.70. The average molecular weight is 638 g/mol. The second-order valence-corrected chi connectivity index (χ2v) is 10.8. The first-order valence-electron chi connectivity index (χ1n) is 13.2. The number of nitrogens with zero attached hydrogens (tertiary/aromatic N) is 5. The van der Waals surface area contributed by atoms with Gasteiger partial charge in [-0.25, -0.2) is 28.3 Å². The molecule has 0 bridgehead atoms. The molecule has 0 saturated heterocycles. The number of halogens is 2. The van der Waals surface area contributed by atoms with Crippen LogP contribution in [0.15, 0.2) is 70.0 Å². The van der Waals surface area contributed by atoms with Crippen molar-refractivity contribution in [2.75, 3.05) is 20.2 Å². The first kappa shape index (κ1) is 31.1. The zero-order valence-corrected chi connectivity index (χ0v) is 24.5. The Hall–Kier alpha value is -5.35. The molecular weight excluding hydrogens is 612 g/mol. The van der Waals surface area contributed by atoms with Gasteiger partial charge in [-0.15, -0.1) is 0 Å². The summed E-state index contributed by atoms with van der Waals surface area (Å²) in [5, 5.41) is 17.6. The van der Waals surface area contributed by atoms with Crippen LogP contribution in [-0.4, -0.2) is 67.4 Å². The number of nitrogen functional groups attached to an aromatic ring is 1. The summed E-state index contributed by atoms with van der Waals surface area (Å²) in [7, 11) is -0.150. The summed E-state index contributed by atoms with van der Waals surface area (Å²) in [6, 6.07) is 8.04. The van der Waals surface area contributed by atoms with Crippen LogP contribution < -0.4 is 15.2 Å². The quantitative estimate of drug-likeness (QED) is 0.0984. The lowest BCUT2D eigenvalue weighted by atomic mass is 10.1. The Balaban J connectivity index is 1.48. The highest BCUT2D eigenvalue weighted by Gasteiger charge is 2.28. The van der Waals surface area contributed by atoms with Crippen LogP contribution in [0.1, 0.15) is 34.6 Å². The van der Waals surface area contributed by atoms with Gasteiger partial charge in [-0.05, 0) is 50.4 Å². The molecule has 4 N–H and O–H groups in total. The number of aliphatic imine (C=N–C) groups is 1. The third kappa shape index (κ3) is 6.61. The third-order valence-corrected chi connectivity index (χ3v) is 7.63. The molecule has 1 aliphatic heterocycles. The fourth-order valence-electron chi connectivity index (χ4n) is 4.16. The molecule has 45 heavy (non-hydrogen) atoms. The number of ether oxygens (including phenoxy) is 3. The maximum atomic E-state index is 15.6. The van der Waals surface area contributed by atoms with E-state index in [4.69, 9.17) is 25.4 Å². The lowest BCUT2D eigenvalue weighted by Gasteiger charge is -2.22. The normalized spacial score (nSPS) is 15.1. The van der Waals surface area contributed by atoms with Crippen molar-refractivity contribution in [2.24, 2.45) is 10.7 Å². The summed E-state index contributed by atoms with van der Waals surface area (Å²) in [5.41, 5.74) is 6.08. The van der Waals surface area contributed by atoms with Gasteiger partial charge < -0.3 is 25.1 Å². The number of pyridine rings is 1. The van der Waals surface area contributed by atoms with E-state index < -0.39 is 51.9 Å². The van der Waals surface area contributed by atoms with Gasteiger partial charge in [-0.3, -0.25) is 15.3 Å². The molecule has 3 heterocycles. The number of phenolic OH excluding ortho intramolecular Hbond substituents is 1. The summed E-state index contributed by atoms with van der Waals surface area (Å²) in [6.45, 7) is 2.29. The molecule has 4 aromatic rings. The van der Waals surface area contributed by atoms with Crippen molar-refractivity contribution in [3.05, 3.63) is 83.3 Å². The molecule has 0 amide bonds. The number of phenols is 1. The van der Waals surface area contributed by atoms with Crippen molar-refractivity contribution in [2.45, 2.75) is 23.1 Å². The highest BCUT2D eigenvalue weighted by molar-refractivity contribution is 7.84. The number of rotatable bonds is 10. The van der Waals surface area contributed by atoms with Crippen LogP contribution in [0.3, 0.4) is 0 Å². The van der Waals surface area contributed by atoms with Crippen LogP contribution >= 0.6 is 0 Å². The summed E-state index contributed by atoms with van der Waals surface area (Å²) in [4.78, 5) is 30.1. The Bertz CT molecular complexity index is 1840. The number of hydrogen-bond donors (Lipinski definition) is 3. The molecule has 0 radical (unpaired) electrons. The summed E-state index contributed by atoms with van der Waals surface area (Å²) in [6.07, 6.45) is 4.09. The van der Waals surface area contributed by atoms with Gasteiger partial charge in [0.25, 0.3) is 5.88 Å². The number of hydrogen-bond acceptors (Lipinski definition) is 12. The molecule has 0 fully saturated rings. The number of aromatic nitrogens is 3. The van der Waals surface area contributed by atoms with E-state index in [0.717, 1.165) is 0 Å². The topological polar surface area (TPSA) is 186 Å². The van der Waals surface area contributed by atoms with Crippen LogP contribution in [0.5, 0.6) is 28.9 Å². The van der Waals surface area contributed by atoms with Gasteiger partial charge in [0, 0.05) is 41.2 Å². The Labute approximate surface area is 257 Å². The Kier molecular flexibility index (Phi) is 9.06. The minimum absolute atomic E-state index is 0.0124. The highest BCUT2D eigenvalue weighted by Crippen LogP contribution is 2.40. The van der Waals surface area contributed by atoms with Gasteiger partial charge in [0.2, 0.25) is 16.7 Å². The lowest BCUT2D eigenvalue weighted by Crippen LogP contribution is -2.19. The number of nitrogens with two attached hydrogens (primary N) is 1. The minimum atomic E-state index is -1.92. The maximum Gasteiger partial charge on any atom is 0.341 e. The molecule has 0 spiro atoms. The molecule has 13 nitrogen and oxygen atoms in total. The molecule has 5 rings (SSSR count). The van der Waals surface area contributed by atoms with Crippen LogP contribution in [-0.2, 0) is 15.5 Å². The molecule has 0 saturated carbocycles. The molecule has 2 unspecified atom stereocenters. The highest BCUT2D eigenvalue weighted by atomic mass is 32.2. The van der Waals surface area contributed by atoms with Gasteiger partial charge >= 0.3 is 5.97 Å². The fourth-order valence-corrected chi connectivity index (χ4v) is 5.09. The molecule has 232 valence electrons. The number of benzene rings is 2. The van der Waals surface area contributed by atoms with Crippen molar-refractivity contribution in [1.82, 2.24) is 19.9 Å². The van der Waals surface area contributed by atoms with Gasteiger partial charge in [0.1, 0.15) is 28.6 Å². The number of nitrogens with one attached hydrogen (secondary N) is 1. The zero-order chi connectivity index (χ0) is 32.2. The third-order valence-electron chi connectivity index (χ3n) is 6.40. The number of amidine groups is 1. The summed E-state index contributed by atoms with van der Waals surface area (Å²) >= 11 is 0. The second kappa shape index (κ2) is 13.1. The molecule has 1 aliphatic rings. The molecule has 2 atom stereocenters. The van der Waals surface area contributed by atoms with Crippen LogP contribution in [0.4, 0.5) is 8.78 Å². The maximum absolute atomic E-state index is 15.6. The van der Waals surface area contributed by atoms with E-state index in [9.17, 15) is 18.5 Å². The van der Waals surface area contributed by atoms with E-state index in [-0.39, 0.29) is 45.1 Å². The first-order valence-corrected chi connectivity index (χ1v) is 14.4. The zero-order valence-electron chi connectivity index (χ0n) is 23.7. The minimum Gasteiger partial charge on any atom is -0.504 e.